The third-order valence-electron chi connectivity index (χ3n) is 22.6. The highest BCUT2D eigenvalue weighted by Gasteiger charge is 2.43. The van der Waals surface area contributed by atoms with E-state index in [9.17, 15) is 28.8 Å². The number of rotatable bonds is 30. The molecule has 0 saturated heterocycles. The number of allylic oxidation sites excluding steroid dienone is 2. The molecule has 910 valence electrons. The molecule has 2 saturated carbocycles. The van der Waals surface area contributed by atoms with Crippen molar-refractivity contribution in [2.45, 2.75) is 662 Å². The molecule has 0 aromatic rings. The van der Waals surface area contributed by atoms with Crippen LogP contribution in [-0.2, 0) is 38.2 Å². The molecule has 0 aromatic heterocycles. The summed E-state index contributed by atoms with van der Waals surface area (Å²) in [7, 11) is 2.20. The predicted molar refractivity (Wildman–Crippen MR) is 689 cm³/mol. The van der Waals surface area contributed by atoms with Crippen molar-refractivity contribution in [3.05, 3.63) is 12.2 Å². The summed E-state index contributed by atoms with van der Waals surface area (Å²) in [5.74, 6) is 6.14. The third kappa shape index (κ3) is 154. The van der Waals surface area contributed by atoms with E-state index in [1.54, 1.807) is 0 Å². The van der Waals surface area contributed by atoms with Gasteiger partial charge in [0.1, 0.15) is 34.7 Å². The first kappa shape index (κ1) is 180. The molecule has 0 amide bonds. The van der Waals surface area contributed by atoms with E-state index in [1.807, 2.05) is 83.1 Å². The summed E-state index contributed by atoms with van der Waals surface area (Å²) in [5.41, 5.74) is 6.98. The minimum atomic E-state index is -0.321. The first-order valence-corrected chi connectivity index (χ1v) is 58.4. The summed E-state index contributed by atoms with van der Waals surface area (Å²) in [4.78, 5) is 71.8. The molecular formula is C139H295NO8S. The Bertz CT molecular complexity index is 3170. The van der Waals surface area contributed by atoms with E-state index in [2.05, 4.69) is 410 Å². The zero-order chi connectivity index (χ0) is 117. The van der Waals surface area contributed by atoms with Gasteiger partial charge in [-0.2, -0.15) is 11.8 Å². The van der Waals surface area contributed by atoms with Gasteiger partial charge in [-0.3, -0.25) is 28.8 Å². The number of Topliss-reactive ketones (excluding diaryl/α,β-unsaturated/α-hetero) is 6. The van der Waals surface area contributed by atoms with Crippen LogP contribution < -0.4 is 0 Å². The highest BCUT2D eigenvalue weighted by Crippen LogP contribution is 2.55. The number of hydrogen-bond acceptors (Lipinski definition) is 10. The van der Waals surface area contributed by atoms with Crippen molar-refractivity contribution in [3.8, 4) is 0 Å². The SMILES string of the molecule is C.C.C.C.C.C.CC(C)(C)C(=O)CCC(=O)C(C)(C)C.CC(C)(C)C/C=C/CC(C)(C)C.CC(C)(C)CC(=O)C(C)(C)C.CC(C)(C)CC(C)(C)C.CC(C)(C)CC1(CC(C)(C)C)CCC1.CC(C)(C)CC1CCC1CC(C)(C)C.CC(C)(C)CCC(=O)CCOCCC(=O)C(C)(C)C.CC(C)(C)CCCC(=O)CCC(C)(C)C.CC(C)(C)CCOCC(C)(C)C.CC(C)(C)CSCC(C)(C)C.CN(CC(C)(C)C)CC(C)(C)C. The molecule has 9 nitrogen and oxygen atoms in total. The van der Waals surface area contributed by atoms with E-state index in [-0.39, 0.29) is 100 Å². The van der Waals surface area contributed by atoms with Crippen LogP contribution in [0.15, 0.2) is 12.2 Å². The summed E-state index contributed by atoms with van der Waals surface area (Å²) in [6.45, 7) is 151. The van der Waals surface area contributed by atoms with Crippen molar-refractivity contribution >= 4 is 46.5 Å². The van der Waals surface area contributed by atoms with Gasteiger partial charge in [0.15, 0.2) is 0 Å². The van der Waals surface area contributed by atoms with Crippen molar-refractivity contribution < 1.29 is 38.2 Å². The second-order valence-electron chi connectivity index (χ2n) is 70.2. The zero-order valence-corrected chi connectivity index (χ0v) is 112. The molecule has 2 rings (SSSR count). The molecule has 0 aliphatic heterocycles. The summed E-state index contributed by atoms with van der Waals surface area (Å²) in [6, 6.07) is 0. The summed E-state index contributed by atoms with van der Waals surface area (Å²) < 4.78 is 10.9. The first-order valence-electron chi connectivity index (χ1n) is 57.3. The van der Waals surface area contributed by atoms with Gasteiger partial charge < -0.3 is 14.4 Å². The monoisotopic (exact) mass is 2140 g/mol. The number of hydrogen-bond donors (Lipinski definition) is 0. The second-order valence-corrected chi connectivity index (χ2v) is 71.2. The lowest BCUT2D eigenvalue weighted by Crippen LogP contribution is -2.37. The van der Waals surface area contributed by atoms with E-state index in [0.29, 0.717) is 155 Å². The Morgan fingerprint density at radius 1 is 0.275 bits per heavy atom. The topological polar surface area (TPSA) is 124 Å². The highest BCUT2D eigenvalue weighted by molar-refractivity contribution is 7.99. The molecule has 2 fully saturated rings. The van der Waals surface area contributed by atoms with Gasteiger partial charge in [-0.1, -0.05) is 520 Å². The van der Waals surface area contributed by atoms with Gasteiger partial charge >= 0.3 is 0 Å². The number of carbonyl (C=O) groups excluding carboxylic acids is 6. The van der Waals surface area contributed by atoms with Crippen LogP contribution in [0.25, 0.3) is 0 Å². The summed E-state index contributed by atoms with van der Waals surface area (Å²) >= 11 is 2.07. The van der Waals surface area contributed by atoms with Gasteiger partial charge in [0.2, 0.25) is 0 Å². The van der Waals surface area contributed by atoms with Crippen LogP contribution in [0.3, 0.4) is 0 Å². The quantitative estimate of drug-likeness (QED) is 0.0507. The highest BCUT2D eigenvalue weighted by atomic mass is 32.2. The average molecular weight is 2140 g/mol. The molecule has 0 spiro atoms. The maximum absolute atomic E-state index is 11.6. The fraction of sp³-hybridized carbons (Fsp3) is 0.942. The second kappa shape index (κ2) is 76.0. The standard InChI is InChI=1S/C16H30O3.C14H28O.2C14H28.C12H22O2.C12H24.C11H25N.C11H24O.C10H20O.C10H22S.C9H20.6CH4/c1-15(2,3)10-7-13(17)8-11-19-12-9-14(18)16(4,5)6;1-13(2,3)10-7-8-12(15)9-11-14(4,5)6;1-13(2,3)9-11-7-8-12(11)10-14(4,5)6;1-12(2,3)10-14(8-7-9-14)11-13(4,5)6;1-11(2,3)9(13)7-8-10(14)12(4,5)6;1-11(2,3)9-7-8-10-12(4,5)6;1-10(2,3)8-12(7)9-11(4,5)6;1-10(2,3)7-8-12-9-11(4,5)6;1-9(2,3)7-8(11)10(4,5)6;1-9(2,3)7-11-8-10(4,5)6;1-8(2,3)7-9(4,5)6;;;;;;/h7-12H2,1-6H3;7-11H2,1-6H3;11-12H,7-10H2,1-6H3;7-11H2,1-6H3;7-8H2,1-6H3;7-8H,9-10H2,1-6H3;8-9H2,1-7H3;7-9H2,1-6H3;7H2,1-6H3;7-8H2,1-6H3;7H2,1-6H3;6*1H4/b;;;;;8-7+;;;;;;;;;;;. The van der Waals surface area contributed by atoms with Gasteiger partial charge in [0.05, 0.1) is 19.8 Å². The van der Waals surface area contributed by atoms with Crippen LogP contribution in [0.2, 0.25) is 0 Å². The Kier molecular flexibility index (Phi) is 91.7. The van der Waals surface area contributed by atoms with Crippen LogP contribution in [0.4, 0.5) is 0 Å². The Labute approximate surface area is 952 Å². The van der Waals surface area contributed by atoms with E-state index in [1.165, 1.54) is 102 Å². The Balaban J connectivity index is -0.000000102. The predicted octanol–water partition coefficient (Wildman–Crippen LogP) is 46.3. The smallest absolute Gasteiger partial charge is 0.140 e. The maximum Gasteiger partial charge on any atom is 0.140 e. The molecule has 0 radical (unpaired) electrons. The van der Waals surface area contributed by atoms with Crippen LogP contribution in [0, 0.1) is 136 Å². The summed E-state index contributed by atoms with van der Waals surface area (Å²) in [6.07, 6.45) is 31.1. The third-order valence-corrected chi connectivity index (χ3v) is 24.8. The van der Waals surface area contributed by atoms with E-state index < -0.39 is 0 Å². The van der Waals surface area contributed by atoms with Crippen LogP contribution in [0.1, 0.15) is 662 Å². The summed E-state index contributed by atoms with van der Waals surface area (Å²) in [5, 5.41) is 0. The molecule has 2 aliphatic rings. The molecule has 2 unspecified atom stereocenters. The number of thioether (sulfide) groups is 1. The largest absolute Gasteiger partial charge is 0.381 e. The van der Waals surface area contributed by atoms with Gasteiger partial charge in [0.25, 0.3) is 0 Å². The molecule has 10 heteroatoms. The number of nitrogens with zero attached hydrogens (tertiary/aromatic N) is 1. The van der Waals surface area contributed by atoms with Crippen molar-refractivity contribution in [1.82, 2.24) is 4.90 Å². The normalized spacial score (nSPS) is 15.0. The van der Waals surface area contributed by atoms with Crippen LogP contribution >= 0.6 is 11.8 Å². The van der Waals surface area contributed by atoms with Crippen molar-refractivity contribution in [1.29, 1.82) is 0 Å². The van der Waals surface area contributed by atoms with E-state index in [4.69, 9.17) is 9.47 Å². The molecule has 2 atom stereocenters. The molecular weight excluding hydrogens is 1840 g/mol. The van der Waals surface area contributed by atoms with E-state index in [0.717, 1.165) is 70.0 Å². The fourth-order valence-corrected chi connectivity index (χ4v) is 17.6. The zero-order valence-electron chi connectivity index (χ0n) is 111. The first-order chi connectivity index (χ1) is 62.0. The lowest BCUT2D eigenvalue weighted by atomic mass is 9.56. The molecule has 0 N–H and O–H groups in total. The average Bonchev–Trinajstić information content (AvgIpc) is 0.789. The number of carbonyl (C=O) groups is 6. The van der Waals surface area contributed by atoms with E-state index >= 15 is 0 Å². The molecule has 2 aliphatic carbocycles. The van der Waals surface area contributed by atoms with Crippen molar-refractivity contribution in [2.75, 3.05) is 58.1 Å². The Morgan fingerprint density at radius 3 is 0.758 bits per heavy atom. The van der Waals surface area contributed by atoms with Gasteiger partial charge in [0, 0.05) is 92.7 Å². The lowest BCUT2D eigenvalue weighted by molar-refractivity contribution is -0.131. The number of ketones is 6. The molecule has 149 heavy (non-hydrogen) atoms. The minimum absolute atomic E-state index is 0. The Morgan fingerprint density at radius 2 is 0.557 bits per heavy atom. The molecule has 0 aromatic carbocycles. The minimum Gasteiger partial charge on any atom is -0.381 e. The molecule has 0 heterocycles. The lowest BCUT2D eigenvalue weighted by Gasteiger charge is -2.49. The van der Waals surface area contributed by atoms with Gasteiger partial charge in [-0.15, -0.1) is 0 Å². The number of ether oxygens (including phenoxy) is 2. The van der Waals surface area contributed by atoms with Gasteiger partial charge in [-0.25, -0.2) is 0 Å². The van der Waals surface area contributed by atoms with Crippen molar-refractivity contribution in [2.24, 2.45) is 136 Å². The molecule has 0 bridgehead atoms. The van der Waals surface area contributed by atoms with Crippen LogP contribution in [0.5, 0.6) is 0 Å². The van der Waals surface area contributed by atoms with Gasteiger partial charge in [-0.05, 0) is 236 Å². The fourth-order valence-electron chi connectivity index (χ4n) is 16.3. The van der Waals surface area contributed by atoms with Crippen LogP contribution in [-0.4, -0.2) is 97.7 Å². The Hall–Kier alpha value is -2.01. The maximum atomic E-state index is 11.6. The van der Waals surface area contributed by atoms with Crippen molar-refractivity contribution in [3.63, 3.8) is 0 Å².